The molecule has 9 rings (SSSR count). The van der Waals surface area contributed by atoms with Crippen LogP contribution in [0.5, 0.6) is 11.5 Å². The molecule has 0 spiro atoms. The van der Waals surface area contributed by atoms with Gasteiger partial charge in [0.05, 0.1) is 14.2 Å². The van der Waals surface area contributed by atoms with Crippen molar-refractivity contribution in [3.63, 3.8) is 0 Å². The van der Waals surface area contributed by atoms with Crippen LogP contribution in [0.4, 0.5) is 0 Å². The van der Waals surface area contributed by atoms with E-state index >= 15 is 0 Å². The number of methoxy groups -OCH3 is 2. The fraction of sp³-hybridized carbons (Fsp3) is 0.273. The number of ether oxygens (including phenoxy) is 3. The molecule has 4 nitrogen and oxygen atoms in total. The quantitative estimate of drug-likeness (QED) is 0.141. The Morgan fingerprint density at radius 3 is 1.51 bits per heavy atom. The number of hydrogen-bond donors (Lipinski definition) is 1. The van der Waals surface area contributed by atoms with Crippen molar-refractivity contribution < 1.29 is 14.2 Å². The monoisotopic (exact) mass is 756 g/mol. The Bertz CT molecular complexity index is 2220. The topological polar surface area (TPSA) is 40.0 Å². The Balaban J connectivity index is 0.000000145. The molecular weight excluding hydrogens is 713 g/mol. The van der Waals surface area contributed by atoms with Gasteiger partial charge in [0.1, 0.15) is 11.5 Å². The van der Waals surface area contributed by atoms with Crippen LogP contribution >= 0.6 is 28.7 Å². The molecule has 0 bridgehead atoms. The summed E-state index contributed by atoms with van der Waals surface area (Å²) in [5, 5.41) is 4.91. The van der Waals surface area contributed by atoms with Gasteiger partial charge in [0, 0.05) is 39.3 Å². The first kappa shape index (κ1) is 36.9. The zero-order valence-electron chi connectivity index (χ0n) is 30.2. The van der Waals surface area contributed by atoms with Crippen LogP contribution in [-0.4, -0.2) is 35.1 Å². The third-order valence-electron chi connectivity index (χ3n) is 10.4. The van der Waals surface area contributed by atoms with Gasteiger partial charge >= 0.3 is 24.8 Å². The molecule has 0 saturated carbocycles. The summed E-state index contributed by atoms with van der Waals surface area (Å²) in [5.41, 5.74) is 10.9. The predicted octanol–water partition coefficient (Wildman–Crippen LogP) is 12.1. The van der Waals surface area contributed by atoms with Crippen LogP contribution in [0, 0.1) is 0 Å². The second kappa shape index (κ2) is 15.4. The number of benzene rings is 6. The van der Waals surface area contributed by atoms with E-state index < -0.39 is 0 Å². The normalized spacial score (nSPS) is 15.0. The maximum atomic E-state index is 5.66. The van der Waals surface area contributed by atoms with Crippen LogP contribution in [0.3, 0.4) is 0 Å². The number of thiol groups is 1. The van der Waals surface area contributed by atoms with E-state index in [0.717, 1.165) is 29.2 Å². The standard InChI is InChI=1S/C20H17BrO.C20H18O.C4H8O.BHNS/c1-20(2)16-10-12(21)8-9-15(16)19-14-7-5-4-6-13(14)18(22-3)11-17(19)20;1-20(2)16-11-7-6-10-15(16)19-14-9-5-4-8-13(14)18(21-3)12-17(19)20;1-2-4-5-3-1;1-2-3/h4-11H,1-3H3;4-12H,1-3H3;1-4H2;3H. The summed E-state index contributed by atoms with van der Waals surface area (Å²) in [7, 11) is 7.84. The molecule has 1 saturated heterocycles. The van der Waals surface area contributed by atoms with E-state index in [1.165, 1.54) is 78.9 Å². The van der Waals surface area contributed by atoms with Gasteiger partial charge in [0.15, 0.2) is 0 Å². The van der Waals surface area contributed by atoms with Crippen LogP contribution in [0.25, 0.3) is 43.8 Å². The fourth-order valence-corrected chi connectivity index (χ4v) is 8.25. The Kier molecular flexibility index (Phi) is 11.1. The predicted molar refractivity (Wildman–Crippen MR) is 221 cm³/mol. The van der Waals surface area contributed by atoms with Gasteiger partial charge in [-0.2, -0.15) is 0 Å². The molecule has 259 valence electrons. The van der Waals surface area contributed by atoms with Crippen molar-refractivity contribution >= 4 is 57.9 Å². The summed E-state index contributed by atoms with van der Waals surface area (Å²) in [4.78, 5) is 0. The molecule has 0 aromatic heterocycles. The molecule has 0 N–H and O–H groups in total. The van der Waals surface area contributed by atoms with E-state index in [4.69, 9.17) is 14.2 Å². The molecule has 3 aliphatic rings. The molecule has 0 unspecified atom stereocenters. The minimum absolute atomic E-state index is 0.0171. The van der Waals surface area contributed by atoms with Gasteiger partial charge in [0.25, 0.3) is 0 Å². The molecule has 0 amide bonds. The zero-order valence-corrected chi connectivity index (χ0v) is 32.7. The third-order valence-corrected chi connectivity index (χ3v) is 10.9. The Labute approximate surface area is 317 Å². The van der Waals surface area contributed by atoms with Crippen molar-refractivity contribution in [2.75, 3.05) is 27.4 Å². The van der Waals surface area contributed by atoms with E-state index in [9.17, 15) is 0 Å². The summed E-state index contributed by atoms with van der Waals surface area (Å²) in [6, 6.07) is 36.8. The molecule has 1 aliphatic heterocycles. The Morgan fingerprint density at radius 2 is 1.04 bits per heavy atom. The number of halogens is 1. The third kappa shape index (κ3) is 6.77. The van der Waals surface area contributed by atoms with Crippen molar-refractivity contribution in [2.24, 2.45) is 4.30 Å². The van der Waals surface area contributed by atoms with Crippen molar-refractivity contribution in [2.45, 2.75) is 51.4 Å². The first-order chi connectivity index (χ1) is 24.6. The first-order valence-corrected chi connectivity index (χ1v) is 18.5. The Morgan fingerprint density at radius 1 is 0.608 bits per heavy atom. The second-order valence-electron chi connectivity index (χ2n) is 14.0. The zero-order chi connectivity index (χ0) is 36.3. The van der Waals surface area contributed by atoms with Crippen molar-refractivity contribution in [3.8, 4) is 33.8 Å². The Hall–Kier alpha value is -3.91. The van der Waals surface area contributed by atoms with E-state index in [2.05, 4.69) is 172 Å². The average Bonchev–Trinajstić information content (AvgIpc) is 3.86. The van der Waals surface area contributed by atoms with Crippen LogP contribution in [0.2, 0.25) is 0 Å². The van der Waals surface area contributed by atoms with Gasteiger partial charge in [-0.15, -0.1) is 0 Å². The molecule has 1 radical (unpaired) electrons. The molecule has 2 aliphatic carbocycles. The average molecular weight is 758 g/mol. The van der Waals surface area contributed by atoms with Gasteiger partial charge in [-0.25, -0.2) is 0 Å². The summed E-state index contributed by atoms with van der Waals surface area (Å²) in [6.07, 6.45) is 2.56. The molecule has 7 heteroatoms. The number of fused-ring (bicyclic) bond motifs is 10. The summed E-state index contributed by atoms with van der Waals surface area (Å²) >= 11 is 6.81. The summed E-state index contributed by atoms with van der Waals surface area (Å²) in [6.45, 7) is 11.2. The van der Waals surface area contributed by atoms with Crippen LogP contribution < -0.4 is 9.47 Å². The molecule has 0 atom stereocenters. The molecular formula is C44H44BBrNO3S. The van der Waals surface area contributed by atoms with Crippen molar-refractivity contribution in [1.82, 2.24) is 0 Å². The van der Waals surface area contributed by atoms with Crippen LogP contribution in [-0.2, 0) is 15.6 Å². The first-order valence-electron chi connectivity index (χ1n) is 17.3. The number of nitrogens with zero attached hydrogens (tertiary/aromatic N) is 1. The van der Waals surface area contributed by atoms with Gasteiger partial charge in [0.2, 0.25) is 0 Å². The number of rotatable bonds is 2. The van der Waals surface area contributed by atoms with E-state index in [0.29, 0.717) is 0 Å². The van der Waals surface area contributed by atoms with Crippen LogP contribution in [0.1, 0.15) is 62.8 Å². The summed E-state index contributed by atoms with van der Waals surface area (Å²) in [5.74, 6) is 1.92. The van der Waals surface area contributed by atoms with E-state index in [1.54, 1.807) is 14.2 Å². The molecule has 51 heavy (non-hydrogen) atoms. The summed E-state index contributed by atoms with van der Waals surface area (Å²) < 4.78 is 20.1. The van der Waals surface area contributed by atoms with Crippen molar-refractivity contribution in [3.05, 3.63) is 130 Å². The van der Waals surface area contributed by atoms with Gasteiger partial charge in [-0.1, -0.05) is 122 Å². The number of hydrogen-bond acceptors (Lipinski definition) is 5. The fourth-order valence-electron chi connectivity index (χ4n) is 7.89. The molecule has 1 heterocycles. The molecule has 6 aromatic rings. The van der Waals surface area contributed by atoms with E-state index in [1.807, 2.05) is 0 Å². The van der Waals surface area contributed by atoms with Gasteiger partial charge < -0.3 is 14.2 Å². The van der Waals surface area contributed by atoms with Crippen LogP contribution in [0.15, 0.2) is 112 Å². The SMILES string of the molecule is C1CCOC1.COc1cc2c(c3ccccc13)-c1ccc(Br)cc1C2(C)C.COc1cc2c(c3ccccc13)-c1ccccc1C2(C)C.[B]=NS. The molecule has 1 fully saturated rings. The van der Waals surface area contributed by atoms with Gasteiger partial charge in [-0.3, -0.25) is 0 Å². The van der Waals surface area contributed by atoms with Crippen molar-refractivity contribution in [1.29, 1.82) is 0 Å². The maximum absolute atomic E-state index is 5.66. The van der Waals surface area contributed by atoms with Gasteiger partial charge in [-0.05, 0) is 92.4 Å². The minimum atomic E-state index is -0.0221. The molecule has 6 aromatic carbocycles. The van der Waals surface area contributed by atoms with E-state index in [-0.39, 0.29) is 10.8 Å². The second-order valence-corrected chi connectivity index (χ2v) is 15.2.